The van der Waals surface area contributed by atoms with Crippen molar-refractivity contribution in [3.8, 4) is 0 Å². The summed E-state index contributed by atoms with van der Waals surface area (Å²) in [5, 5.41) is 3.08. The quantitative estimate of drug-likeness (QED) is 0.751. The van der Waals surface area contributed by atoms with E-state index in [1.54, 1.807) is 0 Å². The summed E-state index contributed by atoms with van der Waals surface area (Å²) in [6.07, 6.45) is 1.82. The topological polar surface area (TPSA) is 71.2 Å². The zero-order valence-electron chi connectivity index (χ0n) is 10.7. The molecule has 1 aromatic rings. The Morgan fingerprint density at radius 3 is 2.76 bits per heavy atom. The molecule has 0 aliphatic carbocycles. The summed E-state index contributed by atoms with van der Waals surface area (Å²) >= 11 is 0. The number of rotatable bonds is 6. The second-order valence-electron chi connectivity index (χ2n) is 3.99. The Morgan fingerprint density at radius 2 is 2.29 bits per heavy atom. The van der Waals surface area contributed by atoms with Crippen LogP contribution in [-0.2, 0) is 11.3 Å². The van der Waals surface area contributed by atoms with E-state index in [1.807, 2.05) is 32.0 Å². The fraction of sp³-hybridized carbons (Fsp3) is 0.500. The molecular formula is C12H20N4O. The van der Waals surface area contributed by atoms with E-state index in [9.17, 15) is 4.79 Å². The molecule has 0 radical (unpaired) electrons. The van der Waals surface area contributed by atoms with E-state index in [4.69, 9.17) is 5.73 Å². The van der Waals surface area contributed by atoms with Crippen LogP contribution in [0.3, 0.4) is 0 Å². The van der Waals surface area contributed by atoms with Gasteiger partial charge in [0.05, 0.1) is 6.54 Å². The number of primary amides is 1. The number of hydrogen-bond acceptors (Lipinski definition) is 4. The molecule has 0 aliphatic heterocycles. The molecule has 0 unspecified atom stereocenters. The monoisotopic (exact) mass is 236 g/mol. The molecule has 3 N–H and O–H groups in total. The van der Waals surface area contributed by atoms with Gasteiger partial charge in [0.1, 0.15) is 5.82 Å². The number of amides is 1. The minimum Gasteiger partial charge on any atom is -0.368 e. The van der Waals surface area contributed by atoms with Crippen molar-refractivity contribution in [1.82, 2.24) is 10.3 Å². The molecule has 0 atom stereocenters. The number of nitrogens with zero attached hydrogens (tertiary/aromatic N) is 2. The van der Waals surface area contributed by atoms with Crippen LogP contribution < -0.4 is 16.0 Å². The molecule has 1 heterocycles. The Balaban J connectivity index is 2.92. The first-order valence-corrected chi connectivity index (χ1v) is 5.71. The van der Waals surface area contributed by atoms with Gasteiger partial charge in [-0.3, -0.25) is 4.79 Å². The van der Waals surface area contributed by atoms with Crippen molar-refractivity contribution in [2.75, 3.05) is 25.0 Å². The van der Waals surface area contributed by atoms with Gasteiger partial charge in [-0.15, -0.1) is 0 Å². The average Bonchev–Trinajstić information content (AvgIpc) is 2.27. The maximum Gasteiger partial charge on any atom is 0.236 e. The molecule has 17 heavy (non-hydrogen) atoms. The van der Waals surface area contributed by atoms with E-state index in [-0.39, 0.29) is 12.5 Å². The highest BCUT2D eigenvalue weighted by atomic mass is 16.1. The summed E-state index contributed by atoms with van der Waals surface area (Å²) < 4.78 is 0. The van der Waals surface area contributed by atoms with Crippen molar-refractivity contribution in [2.24, 2.45) is 5.73 Å². The summed E-state index contributed by atoms with van der Waals surface area (Å²) in [5.41, 5.74) is 7.40. The second-order valence-corrected chi connectivity index (χ2v) is 3.99. The van der Waals surface area contributed by atoms with Gasteiger partial charge in [0.2, 0.25) is 5.91 Å². The number of hydrogen-bond donors (Lipinski definition) is 2. The van der Waals surface area contributed by atoms with Crippen LogP contribution in [0.2, 0.25) is 0 Å². The lowest BCUT2D eigenvalue weighted by atomic mass is 10.2. The lowest BCUT2D eigenvalue weighted by Crippen LogP contribution is -2.34. The van der Waals surface area contributed by atoms with Crippen molar-refractivity contribution in [3.05, 3.63) is 23.4 Å². The fourth-order valence-electron chi connectivity index (χ4n) is 1.78. The van der Waals surface area contributed by atoms with Crippen molar-refractivity contribution >= 4 is 11.7 Å². The van der Waals surface area contributed by atoms with Crippen LogP contribution in [0.25, 0.3) is 0 Å². The average molecular weight is 236 g/mol. The van der Waals surface area contributed by atoms with E-state index in [2.05, 4.69) is 16.4 Å². The normalized spacial score (nSPS) is 10.3. The SMILES string of the molecule is CCN(CC(N)=O)c1ncc(CNC)cc1C. The predicted octanol–water partition coefficient (Wildman–Crippen LogP) is 0.421. The molecule has 1 rings (SSSR count). The zero-order valence-corrected chi connectivity index (χ0v) is 10.7. The van der Waals surface area contributed by atoms with Crippen LogP contribution in [-0.4, -0.2) is 31.0 Å². The maximum absolute atomic E-state index is 11.0. The Labute approximate surface area is 102 Å². The van der Waals surface area contributed by atoms with Crippen LogP contribution in [0.5, 0.6) is 0 Å². The third kappa shape index (κ3) is 3.71. The lowest BCUT2D eigenvalue weighted by molar-refractivity contribution is -0.116. The molecule has 0 saturated heterocycles. The number of likely N-dealkylation sites (N-methyl/N-ethyl adjacent to an activating group) is 1. The Hall–Kier alpha value is -1.62. The van der Waals surface area contributed by atoms with Gasteiger partial charge < -0.3 is 16.0 Å². The van der Waals surface area contributed by atoms with Gasteiger partial charge in [-0.1, -0.05) is 0 Å². The maximum atomic E-state index is 11.0. The number of carbonyl (C=O) groups is 1. The third-order valence-corrected chi connectivity index (χ3v) is 2.52. The largest absolute Gasteiger partial charge is 0.368 e. The fourth-order valence-corrected chi connectivity index (χ4v) is 1.78. The van der Waals surface area contributed by atoms with E-state index < -0.39 is 0 Å². The number of carbonyl (C=O) groups excluding carboxylic acids is 1. The van der Waals surface area contributed by atoms with Crippen LogP contribution in [0.4, 0.5) is 5.82 Å². The van der Waals surface area contributed by atoms with E-state index >= 15 is 0 Å². The van der Waals surface area contributed by atoms with E-state index in [1.165, 1.54) is 0 Å². The van der Waals surface area contributed by atoms with Gasteiger partial charge in [0, 0.05) is 19.3 Å². The van der Waals surface area contributed by atoms with Gasteiger partial charge >= 0.3 is 0 Å². The van der Waals surface area contributed by atoms with Gasteiger partial charge in [-0.2, -0.15) is 0 Å². The summed E-state index contributed by atoms with van der Waals surface area (Å²) in [6.45, 7) is 5.67. The molecular weight excluding hydrogens is 216 g/mol. The molecule has 0 saturated carbocycles. The second kappa shape index (κ2) is 6.20. The minimum absolute atomic E-state index is 0.204. The number of nitrogens with two attached hydrogens (primary N) is 1. The molecule has 0 fully saturated rings. The number of anilines is 1. The summed E-state index contributed by atoms with van der Waals surface area (Å²) in [5.74, 6) is 0.485. The van der Waals surface area contributed by atoms with Crippen molar-refractivity contribution in [3.63, 3.8) is 0 Å². The van der Waals surface area contributed by atoms with E-state index in [0.29, 0.717) is 6.54 Å². The summed E-state index contributed by atoms with van der Waals surface area (Å²) in [6, 6.07) is 2.07. The highest BCUT2D eigenvalue weighted by molar-refractivity contribution is 5.79. The van der Waals surface area contributed by atoms with Crippen molar-refractivity contribution in [1.29, 1.82) is 0 Å². The number of nitrogens with one attached hydrogen (secondary N) is 1. The van der Waals surface area contributed by atoms with Crippen LogP contribution >= 0.6 is 0 Å². The standard InChI is InChI=1S/C12H20N4O/c1-4-16(8-11(13)17)12-9(2)5-10(6-14-3)7-15-12/h5,7,14H,4,6,8H2,1-3H3,(H2,13,17). The molecule has 94 valence electrons. The molecule has 5 nitrogen and oxygen atoms in total. The van der Waals surface area contributed by atoms with Gasteiger partial charge in [-0.25, -0.2) is 4.98 Å². The first-order chi connectivity index (χ1) is 8.08. The Morgan fingerprint density at radius 1 is 1.59 bits per heavy atom. The molecule has 1 aromatic heterocycles. The first-order valence-electron chi connectivity index (χ1n) is 5.71. The predicted molar refractivity (Wildman–Crippen MR) is 68.8 cm³/mol. The smallest absolute Gasteiger partial charge is 0.236 e. The zero-order chi connectivity index (χ0) is 12.8. The number of aromatic nitrogens is 1. The molecule has 0 aliphatic rings. The molecule has 1 amide bonds. The lowest BCUT2D eigenvalue weighted by Gasteiger charge is -2.22. The highest BCUT2D eigenvalue weighted by Crippen LogP contribution is 2.17. The first kappa shape index (κ1) is 13.4. The van der Waals surface area contributed by atoms with Crippen molar-refractivity contribution < 1.29 is 4.79 Å². The molecule has 0 spiro atoms. The van der Waals surface area contributed by atoms with Gasteiger partial charge in [0.25, 0.3) is 0 Å². The highest BCUT2D eigenvalue weighted by Gasteiger charge is 2.11. The number of aryl methyl sites for hydroxylation is 1. The Bertz CT molecular complexity index is 392. The van der Waals surface area contributed by atoms with Crippen LogP contribution in [0.15, 0.2) is 12.3 Å². The molecule has 0 bridgehead atoms. The Kier molecular flexibility index (Phi) is 4.90. The van der Waals surface area contributed by atoms with Crippen molar-refractivity contribution in [2.45, 2.75) is 20.4 Å². The summed E-state index contributed by atoms with van der Waals surface area (Å²) in [7, 11) is 1.90. The van der Waals surface area contributed by atoms with Gasteiger partial charge in [0.15, 0.2) is 0 Å². The van der Waals surface area contributed by atoms with E-state index in [0.717, 1.165) is 23.5 Å². The third-order valence-electron chi connectivity index (χ3n) is 2.52. The minimum atomic E-state index is -0.340. The summed E-state index contributed by atoms with van der Waals surface area (Å²) in [4.78, 5) is 17.2. The number of pyridine rings is 1. The van der Waals surface area contributed by atoms with Gasteiger partial charge in [-0.05, 0) is 38.1 Å². The van der Waals surface area contributed by atoms with Crippen LogP contribution in [0.1, 0.15) is 18.1 Å². The van der Waals surface area contributed by atoms with Crippen LogP contribution in [0, 0.1) is 6.92 Å². The molecule has 5 heteroatoms. The molecule has 0 aromatic carbocycles.